The molecule has 0 fully saturated rings. The van der Waals surface area contributed by atoms with Gasteiger partial charge in [-0.3, -0.25) is 4.72 Å². The van der Waals surface area contributed by atoms with Crippen molar-refractivity contribution in [3.63, 3.8) is 0 Å². The number of hydrogen-bond donors (Lipinski definition) is 1. The van der Waals surface area contributed by atoms with E-state index in [0.29, 0.717) is 0 Å². The Kier molecular flexibility index (Phi) is 4.11. The minimum atomic E-state index is -4.07. The topological polar surface area (TPSA) is 70.0 Å². The SMILES string of the molecule is N#Cc1cc(S(=O)(=O)Nc2ccc(Cl)c(F)c2)ccc1F. The summed E-state index contributed by atoms with van der Waals surface area (Å²) in [4.78, 5) is -0.309. The largest absolute Gasteiger partial charge is 0.280 e. The number of rotatable bonds is 3. The minimum Gasteiger partial charge on any atom is -0.280 e. The molecule has 1 N–H and O–H groups in total. The first kappa shape index (κ1) is 15.2. The van der Waals surface area contributed by atoms with Crippen LogP contribution in [0.1, 0.15) is 5.56 Å². The molecule has 0 saturated heterocycles. The van der Waals surface area contributed by atoms with Crippen LogP contribution in [-0.4, -0.2) is 8.42 Å². The molecule has 0 heterocycles. The number of sulfonamides is 1. The van der Waals surface area contributed by atoms with Crippen LogP contribution in [0.15, 0.2) is 41.3 Å². The highest BCUT2D eigenvalue weighted by Gasteiger charge is 2.17. The van der Waals surface area contributed by atoms with Gasteiger partial charge in [0.25, 0.3) is 10.0 Å². The molecule has 2 rings (SSSR count). The second-order valence-corrected chi connectivity index (χ2v) is 6.08. The lowest BCUT2D eigenvalue weighted by Gasteiger charge is -2.09. The molecule has 0 unspecified atom stereocenters. The first-order chi connectivity index (χ1) is 9.83. The second kappa shape index (κ2) is 5.68. The Morgan fingerprint density at radius 2 is 1.81 bits per heavy atom. The Bertz CT molecular complexity index is 848. The van der Waals surface area contributed by atoms with E-state index < -0.39 is 27.2 Å². The lowest BCUT2D eigenvalue weighted by Crippen LogP contribution is -2.13. The van der Waals surface area contributed by atoms with Gasteiger partial charge in [0.15, 0.2) is 0 Å². The van der Waals surface area contributed by atoms with Gasteiger partial charge in [0.2, 0.25) is 0 Å². The van der Waals surface area contributed by atoms with Crippen molar-refractivity contribution in [3.8, 4) is 6.07 Å². The number of nitriles is 1. The summed E-state index contributed by atoms with van der Waals surface area (Å²) < 4.78 is 52.7. The average molecular weight is 329 g/mol. The van der Waals surface area contributed by atoms with E-state index in [9.17, 15) is 17.2 Å². The molecule has 4 nitrogen and oxygen atoms in total. The Balaban J connectivity index is 2.38. The fourth-order valence-electron chi connectivity index (χ4n) is 1.53. The highest BCUT2D eigenvalue weighted by molar-refractivity contribution is 7.92. The second-order valence-electron chi connectivity index (χ2n) is 3.99. The predicted octanol–water partition coefficient (Wildman–Crippen LogP) is 3.29. The maximum Gasteiger partial charge on any atom is 0.261 e. The quantitative estimate of drug-likeness (QED) is 0.939. The van der Waals surface area contributed by atoms with Gasteiger partial charge in [0.05, 0.1) is 21.2 Å². The molecule has 0 bridgehead atoms. The third-order valence-electron chi connectivity index (χ3n) is 2.54. The van der Waals surface area contributed by atoms with Crippen LogP contribution in [0, 0.1) is 23.0 Å². The Labute approximate surface area is 124 Å². The van der Waals surface area contributed by atoms with Gasteiger partial charge >= 0.3 is 0 Å². The molecular formula is C13H7ClF2N2O2S. The lowest BCUT2D eigenvalue weighted by molar-refractivity contribution is 0.599. The molecule has 0 aromatic heterocycles. The molecule has 0 radical (unpaired) electrons. The first-order valence-electron chi connectivity index (χ1n) is 5.51. The zero-order valence-electron chi connectivity index (χ0n) is 10.3. The van der Waals surface area contributed by atoms with Crippen LogP contribution in [0.2, 0.25) is 5.02 Å². The van der Waals surface area contributed by atoms with E-state index in [1.165, 1.54) is 12.1 Å². The first-order valence-corrected chi connectivity index (χ1v) is 7.37. The number of hydrogen-bond acceptors (Lipinski definition) is 3. The van der Waals surface area contributed by atoms with Gasteiger partial charge in [-0.2, -0.15) is 5.26 Å². The highest BCUT2D eigenvalue weighted by atomic mass is 35.5. The summed E-state index contributed by atoms with van der Waals surface area (Å²) in [6.45, 7) is 0. The van der Waals surface area contributed by atoms with Crippen LogP contribution in [0.4, 0.5) is 14.5 Å². The number of benzene rings is 2. The molecule has 0 saturated carbocycles. The van der Waals surface area contributed by atoms with E-state index in [4.69, 9.17) is 16.9 Å². The molecule has 8 heteroatoms. The lowest BCUT2D eigenvalue weighted by atomic mass is 10.2. The zero-order valence-corrected chi connectivity index (χ0v) is 11.8. The molecule has 0 amide bonds. The standard InChI is InChI=1S/C13H7ClF2N2O2S/c14-11-3-1-9(6-13(11)16)18-21(19,20)10-2-4-12(15)8(5-10)7-17/h1-6,18H. The van der Waals surface area contributed by atoms with Gasteiger partial charge in [-0.1, -0.05) is 11.6 Å². The van der Waals surface area contributed by atoms with Gasteiger partial charge in [-0.05, 0) is 36.4 Å². The van der Waals surface area contributed by atoms with E-state index in [2.05, 4.69) is 4.72 Å². The molecular weight excluding hydrogens is 322 g/mol. The van der Waals surface area contributed by atoms with Crippen molar-refractivity contribution in [3.05, 3.63) is 58.6 Å². The van der Waals surface area contributed by atoms with E-state index >= 15 is 0 Å². The molecule has 2 aromatic carbocycles. The van der Waals surface area contributed by atoms with Gasteiger partial charge in [0, 0.05) is 0 Å². The number of nitrogens with zero attached hydrogens (tertiary/aromatic N) is 1. The van der Waals surface area contributed by atoms with Gasteiger partial charge in [-0.25, -0.2) is 17.2 Å². The maximum atomic E-state index is 13.3. The Morgan fingerprint density at radius 1 is 1.10 bits per heavy atom. The van der Waals surface area contributed by atoms with E-state index in [1.807, 2.05) is 0 Å². The predicted molar refractivity (Wildman–Crippen MR) is 73.3 cm³/mol. The van der Waals surface area contributed by atoms with Gasteiger partial charge in [-0.15, -0.1) is 0 Å². The molecule has 0 aliphatic heterocycles. The van der Waals surface area contributed by atoms with Crippen molar-refractivity contribution < 1.29 is 17.2 Å². The third kappa shape index (κ3) is 3.29. The third-order valence-corrected chi connectivity index (χ3v) is 4.23. The van der Waals surface area contributed by atoms with Crippen molar-refractivity contribution in [1.82, 2.24) is 0 Å². The molecule has 21 heavy (non-hydrogen) atoms. The number of anilines is 1. The van der Waals surface area contributed by atoms with Crippen molar-refractivity contribution in [2.45, 2.75) is 4.90 Å². The summed E-state index contributed by atoms with van der Waals surface area (Å²) in [7, 11) is -4.07. The van der Waals surface area contributed by atoms with Crippen molar-refractivity contribution >= 4 is 27.3 Å². The van der Waals surface area contributed by atoms with Crippen molar-refractivity contribution in [2.75, 3.05) is 4.72 Å². The zero-order chi connectivity index (χ0) is 15.6. The van der Waals surface area contributed by atoms with Crippen LogP contribution in [-0.2, 0) is 10.0 Å². The Hall–Kier alpha value is -2.17. The van der Waals surface area contributed by atoms with Crippen molar-refractivity contribution in [1.29, 1.82) is 5.26 Å². The number of nitrogens with one attached hydrogen (secondary N) is 1. The monoisotopic (exact) mass is 328 g/mol. The fourth-order valence-corrected chi connectivity index (χ4v) is 2.72. The highest BCUT2D eigenvalue weighted by Crippen LogP contribution is 2.22. The van der Waals surface area contributed by atoms with Crippen LogP contribution >= 0.6 is 11.6 Å². The smallest absolute Gasteiger partial charge is 0.261 e. The molecule has 0 spiro atoms. The van der Waals surface area contributed by atoms with Crippen LogP contribution in [0.5, 0.6) is 0 Å². The molecule has 0 atom stereocenters. The normalized spacial score (nSPS) is 11.0. The molecule has 0 aliphatic carbocycles. The van der Waals surface area contributed by atoms with E-state index in [1.54, 1.807) is 6.07 Å². The summed E-state index contributed by atoms with van der Waals surface area (Å²) in [5, 5.41) is 8.55. The van der Waals surface area contributed by atoms with Crippen molar-refractivity contribution in [2.24, 2.45) is 0 Å². The van der Waals surface area contributed by atoms with Crippen LogP contribution in [0.25, 0.3) is 0 Å². The van der Waals surface area contributed by atoms with Gasteiger partial charge in [0.1, 0.15) is 17.7 Å². The fraction of sp³-hybridized carbons (Fsp3) is 0. The molecule has 108 valence electrons. The minimum absolute atomic E-state index is 0.0419. The molecule has 2 aromatic rings. The van der Waals surface area contributed by atoms with Gasteiger partial charge < -0.3 is 0 Å². The summed E-state index contributed by atoms with van der Waals surface area (Å²) in [6.07, 6.45) is 0. The summed E-state index contributed by atoms with van der Waals surface area (Å²) in [5.41, 5.74) is -0.445. The Morgan fingerprint density at radius 3 is 2.43 bits per heavy atom. The summed E-state index contributed by atoms with van der Waals surface area (Å²) >= 11 is 5.50. The summed E-state index contributed by atoms with van der Waals surface area (Å²) in [6, 6.07) is 7.69. The number of halogens is 3. The van der Waals surface area contributed by atoms with Crippen LogP contribution < -0.4 is 4.72 Å². The average Bonchev–Trinajstić information content (AvgIpc) is 2.43. The summed E-state index contributed by atoms with van der Waals surface area (Å²) in [5.74, 6) is -1.61. The maximum absolute atomic E-state index is 13.3. The molecule has 0 aliphatic rings. The van der Waals surface area contributed by atoms with Crippen LogP contribution in [0.3, 0.4) is 0 Å². The van der Waals surface area contributed by atoms with E-state index in [-0.39, 0.29) is 15.6 Å². The van der Waals surface area contributed by atoms with E-state index in [0.717, 1.165) is 24.3 Å².